The van der Waals surface area contributed by atoms with E-state index < -0.39 is 29.5 Å². The number of rotatable bonds is 7. The van der Waals surface area contributed by atoms with Crippen molar-refractivity contribution in [2.24, 2.45) is 0 Å². The molecule has 0 bridgehead atoms. The number of aliphatic hydroxyl groups excluding tert-OH is 1. The van der Waals surface area contributed by atoms with Crippen molar-refractivity contribution in [2.45, 2.75) is 13.0 Å². The third-order valence-corrected chi connectivity index (χ3v) is 7.75. The van der Waals surface area contributed by atoms with E-state index in [-0.39, 0.29) is 21.3 Å². The Morgan fingerprint density at radius 1 is 0.976 bits per heavy atom. The van der Waals surface area contributed by atoms with E-state index in [9.17, 15) is 19.5 Å². The first-order valence-corrected chi connectivity index (χ1v) is 13.4. The van der Waals surface area contributed by atoms with Crippen LogP contribution in [-0.2, 0) is 9.53 Å². The summed E-state index contributed by atoms with van der Waals surface area (Å²) in [5.41, 5.74) is 1.13. The summed E-state index contributed by atoms with van der Waals surface area (Å²) in [6, 6.07) is 23.6. The summed E-state index contributed by atoms with van der Waals surface area (Å²) in [6.07, 6.45) is 0. The van der Waals surface area contributed by atoms with Gasteiger partial charge in [-0.15, -0.1) is 0 Å². The molecule has 1 atom stereocenters. The number of furan rings is 1. The van der Waals surface area contributed by atoms with E-state index in [1.165, 1.54) is 12.0 Å². The summed E-state index contributed by atoms with van der Waals surface area (Å²) in [4.78, 5) is 45.7. The molecular weight excluding hydrogens is 544 g/mol. The van der Waals surface area contributed by atoms with Crippen LogP contribution in [0.3, 0.4) is 0 Å². The monoisotopic (exact) mass is 566 g/mol. The molecule has 3 aromatic carbocycles. The lowest BCUT2D eigenvalue weighted by Gasteiger charge is -2.24. The van der Waals surface area contributed by atoms with Gasteiger partial charge in [-0.2, -0.15) is 0 Å². The number of carbonyl (C=O) groups excluding carboxylic acids is 3. The average molecular weight is 567 g/mol. The molecule has 1 amide bonds. The maximum atomic E-state index is 13.9. The van der Waals surface area contributed by atoms with Crippen LogP contribution < -0.4 is 9.64 Å². The van der Waals surface area contributed by atoms with Crippen molar-refractivity contribution in [3.8, 4) is 11.5 Å². The van der Waals surface area contributed by atoms with Gasteiger partial charge in [-0.1, -0.05) is 59.9 Å². The number of aromatic nitrogens is 1. The Morgan fingerprint density at radius 2 is 1.71 bits per heavy atom. The Balaban J connectivity index is 1.48. The van der Waals surface area contributed by atoms with Crippen LogP contribution in [0.1, 0.15) is 37.5 Å². The zero-order chi connectivity index (χ0) is 28.7. The first-order chi connectivity index (χ1) is 19.9. The molecule has 2 aromatic heterocycles. The molecule has 6 rings (SSSR count). The summed E-state index contributed by atoms with van der Waals surface area (Å²) >= 11 is 0.930. The summed E-state index contributed by atoms with van der Waals surface area (Å²) in [7, 11) is 1.25. The minimum absolute atomic E-state index is 0.0327. The molecule has 5 aromatic rings. The van der Waals surface area contributed by atoms with E-state index in [2.05, 4.69) is 4.98 Å². The molecule has 0 spiro atoms. The Kier molecular flexibility index (Phi) is 6.60. The number of amides is 1. The molecule has 10 heteroatoms. The Morgan fingerprint density at radius 3 is 2.46 bits per heavy atom. The largest absolute Gasteiger partial charge is 0.503 e. The van der Waals surface area contributed by atoms with E-state index in [4.69, 9.17) is 13.9 Å². The number of fused-ring (bicyclic) bond motifs is 1. The fourth-order valence-electron chi connectivity index (χ4n) is 4.72. The van der Waals surface area contributed by atoms with Crippen molar-refractivity contribution in [2.75, 3.05) is 12.0 Å². The molecule has 1 N–H and O–H groups in total. The number of esters is 1. The Bertz CT molecular complexity index is 1820. The van der Waals surface area contributed by atoms with Gasteiger partial charge in [-0.3, -0.25) is 14.5 Å². The quantitative estimate of drug-likeness (QED) is 0.174. The normalized spacial score (nSPS) is 15.0. The lowest BCUT2D eigenvalue weighted by molar-refractivity contribution is -0.117. The van der Waals surface area contributed by atoms with Gasteiger partial charge in [0.15, 0.2) is 16.7 Å². The smallest absolute Gasteiger partial charge is 0.350 e. The van der Waals surface area contributed by atoms with Crippen LogP contribution in [0.4, 0.5) is 5.13 Å². The van der Waals surface area contributed by atoms with Crippen molar-refractivity contribution >= 4 is 45.1 Å². The standard InChI is InChI=1S/C31H22N2O7S/c1-17-28(30(37)38-2)41-31(32-17)33-25(19-10-8-13-21(15-19)39-20-11-4-3-5-12-20)24(27(35)29(33)36)26(34)23-16-18-9-6-7-14-22(18)40-23/h3-16,25,35H,1-2H3. The molecule has 1 aliphatic rings. The number of para-hydroxylation sites is 2. The molecule has 0 fully saturated rings. The zero-order valence-electron chi connectivity index (χ0n) is 21.9. The highest BCUT2D eigenvalue weighted by atomic mass is 32.1. The molecule has 0 saturated carbocycles. The van der Waals surface area contributed by atoms with Crippen LogP contribution in [0.25, 0.3) is 11.0 Å². The predicted molar refractivity (Wildman–Crippen MR) is 152 cm³/mol. The Labute approximate surface area is 237 Å². The van der Waals surface area contributed by atoms with Crippen LogP contribution >= 0.6 is 11.3 Å². The minimum atomic E-state index is -1.10. The van der Waals surface area contributed by atoms with E-state index in [0.717, 1.165) is 11.3 Å². The van der Waals surface area contributed by atoms with Crippen molar-refractivity contribution in [1.82, 2.24) is 4.98 Å². The van der Waals surface area contributed by atoms with Gasteiger partial charge in [-0.05, 0) is 48.9 Å². The third kappa shape index (κ3) is 4.64. The number of methoxy groups -OCH3 is 1. The van der Waals surface area contributed by atoms with Gasteiger partial charge >= 0.3 is 5.97 Å². The number of thiazole rings is 1. The second-order valence-electron chi connectivity index (χ2n) is 9.21. The summed E-state index contributed by atoms with van der Waals surface area (Å²) < 4.78 is 16.7. The summed E-state index contributed by atoms with van der Waals surface area (Å²) in [6.45, 7) is 1.61. The van der Waals surface area contributed by atoms with E-state index in [1.54, 1.807) is 67.6 Å². The number of carbonyl (C=O) groups is 3. The second kappa shape index (κ2) is 10.4. The van der Waals surface area contributed by atoms with Crippen molar-refractivity contribution in [1.29, 1.82) is 0 Å². The van der Waals surface area contributed by atoms with Crippen LogP contribution in [0.5, 0.6) is 11.5 Å². The minimum Gasteiger partial charge on any atom is -0.503 e. The fraction of sp³-hybridized carbons (Fsp3) is 0.0968. The molecule has 9 nitrogen and oxygen atoms in total. The maximum Gasteiger partial charge on any atom is 0.350 e. The number of ketones is 1. The number of aliphatic hydroxyl groups is 1. The van der Waals surface area contributed by atoms with Crippen molar-refractivity contribution in [3.63, 3.8) is 0 Å². The first-order valence-electron chi connectivity index (χ1n) is 12.5. The molecule has 0 radical (unpaired) electrons. The van der Waals surface area contributed by atoms with E-state index in [0.29, 0.717) is 33.7 Å². The Hall–Kier alpha value is -5.22. The molecule has 0 saturated heterocycles. The fourth-order valence-corrected chi connectivity index (χ4v) is 5.73. The van der Waals surface area contributed by atoms with Gasteiger partial charge in [0.2, 0.25) is 5.78 Å². The van der Waals surface area contributed by atoms with Gasteiger partial charge in [0, 0.05) is 5.39 Å². The molecule has 41 heavy (non-hydrogen) atoms. The number of nitrogens with zero attached hydrogens (tertiary/aromatic N) is 2. The summed E-state index contributed by atoms with van der Waals surface area (Å²) in [5, 5.41) is 12.0. The molecular formula is C31H22N2O7S. The first kappa shape index (κ1) is 26.0. The van der Waals surface area contributed by atoms with Crippen LogP contribution in [0.15, 0.2) is 101 Å². The lowest BCUT2D eigenvalue weighted by Crippen LogP contribution is -2.31. The van der Waals surface area contributed by atoms with Gasteiger partial charge in [-0.25, -0.2) is 9.78 Å². The molecule has 1 aliphatic heterocycles. The van der Waals surface area contributed by atoms with Crippen LogP contribution in [0.2, 0.25) is 0 Å². The number of benzene rings is 3. The van der Waals surface area contributed by atoms with Gasteiger partial charge in [0.25, 0.3) is 5.91 Å². The second-order valence-corrected chi connectivity index (χ2v) is 10.2. The number of Topliss-reactive ketones (excluding diaryl/α,β-unsaturated/α-hetero) is 1. The highest BCUT2D eigenvalue weighted by Gasteiger charge is 2.47. The number of aryl methyl sites for hydroxylation is 1. The SMILES string of the molecule is COC(=O)c1sc(N2C(=O)C(O)=C(C(=O)c3cc4ccccc4o3)C2c2cccc(Oc3ccccc3)c2)nc1C. The number of hydrogen-bond acceptors (Lipinski definition) is 9. The topological polar surface area (TPSA) is 119 Å². The zero-order valence-corrected chi connectivity index (χ0v) is 22.7. The average Bonchev–Trinajstić information content (AvgIpc) is 3.67. The van der Waals surface area contributed by atoms with E-state index >= 15 is 0 Å². The van der Waals surface area contributed by atoms with Gasteiger partial charge in [0.05, 0.1) is 24.4 Å². The van der Waals surface area contributed by atoms with Crippen LogP contribution in [-0.4, -0.2) is 34.9 Å². The molecule has 3 heterocycles. The van der Waals surface area contributed by atoms with Gasteiger partial charge in [0.1, 0.15) is 22.0 Å². The predicted octanol–water partition coefficient (Wildman–Crippen LogP) is 6.56. The number of anilines is 1. The maximum absolute atomic E-state index is 13.9. The number of ether oxygens (including phenoxy) is 2. The summed E-state index contributed by atoms with van der Waals surface area (Å²) in [5.74, 6) is -1.82. The highest BCUT2D eigenvalue weighted by Crippen LogP contribution is 2.45. The van der Waals surface area contributed by atoms with Crippen LogP contribution in [0, 0.1) is 6.92 Å². The molecule has 0 aliphatic carbocycles. The molecule has 1 unspecified atom stereocenters. The van der Waals surface area contributed by atoms with Crippen molar-refractivity contribution < 1.29 is 33.4 Å². The van der Waals surface area contributed by atoms with Crippen molar-refractivity contribution in [3.05, 3.63) is 118 Å². The lowest BCUT2D eigenvalue weighted by atomic mass is 9.95. The van der Waals surface area contributed by atoms with E-state index in [1.807, 2.05) is 24.3 Å². The third-order valence-electron chi connectivity index (χ3n) is 6.62. The molecule has 204 valence electrons. The van der Waals surface area contributed by atoms with Gasteiger partial charge < -0.3 is 19.0 Å². The number of hydrogen-bond donors (Lipinski definition) is 1. The highest BCUT2D eigenvalue weighted by molar-refractivity contribution is 7.17.